The molecule has 0 aromatic carbocycles. The number of hydrogen-bond acceptors (Lipinski definition) is 3. The van der Waals surface area contributed by atoms with Gasteiger partial charge in [-0.3, -0.25) is 9.58 Å². The predicted octanol–water partition coefficient (Wildman–Crippen LogP) is 1.87. The van der Waals surface area contributed by atoms with Crippen LogP contribution in [0.5, 0.6) is 0 Å². The maximum absolute atomic E-state index is 4.38. The van der Waals surface area contributed by atoms with Crippen molar-refractivity contribution >= 4 is 0 Å². The molecule has 19 heavy (non-hydrogen) atoms. The van der Waals surface area contributed by atoms with E-state index in [9.17, 15) is 0 Å². The van der Waals surface area contributed by atoms with Crippen LogP contribution in [0.1, 0.15) is 38.3 Å². The van der Waals surface area contributed by atoms with Gasteiger partial charge in [0.1, 0.15) is 0 Å². The SMILES string of the molecule is CCn1nccc1CN1CCCC2(CCCNC2)C1. The minimum atomic E-state index is 0.549. The fraction of sp³-hybridized carbons (Fsp3) is 0.800. The van der Waals surface area contributed by atoms with E-state index < -0.39 is 0 Å². The van der Waals surface area contributed by atoms with E-state index >= 15 is 0 Å². The molecule has 0 amide bonds. The largest absolute Gasteiger partial charge is 0.316 e. The first-order valence-electron chi connectivity index (χ1n) is 7.75. The van der Waals surface area contributed by atoms with E-state index in [-0.39, 0.29) is 0 Å². The summed E-state index contributed by atoms with van der Waals surface area (Å²) >= 11 is 0. The summed E-state index contributed by atoms with van der Waals surface area (Å²) in [6, 6.07) is 2.17. The van der Waals surface area contributed by atoms with Gasteiger partial charge in [0.05, 0.1) is 5.69 Å². The molecule has 0 radical (unpaired) electrons. The maximum atomic E-state index is 4.38. The molecule has 1 atom stereocenters. The maximum Gasteiger partial charge on any atom is 0.0524 e. The molecule has 0 saturated carbocycles. The summed E-state index contributed by atoms with van der Waals surface area (Å²) < 4.78 is 2.13. The van der Waals surface area contributed by atoms with Gasteiger partial charge in [-0.25, -0.2) is 0 Å². The number of aryl methyl sites for hydroxylation is 1. The van der Waals surface area contributed by atoms with Crippen molar-refractivity contribution in [1.82, 2.24) is 20.0 Å². The Morgan fingerprint density at radius 3 is 3.05 bits per heavy atom. The summed E-state index contributed by atoms with van der Waals surface area (Å²) in [6.45, 7) is 9.14. The van der Waals surface area contributed by atoms with Crippen molar-refractivity contribution < 1.29 is 0 Å². The normalized spacial score (nSPS) is 28.9. The fourth-order valence-electron chi connectivity index (χ4n) is 3.83. The molecule has 2 fully saturated rings. The van der Waals surface area contributed by atoms with Gasteiger partial charge in [0.2, 0.25) is 0 Å². The number of nitrogens with one attached hydrogen (secondary N) is 1. The van der Waals surface area contributed by atoms with Gasteiger partial charge in [-0.1, -0.05) is 0 Å². The summed E-state index contributed by atoms with van der Waals surface area (Å²) in [5, 5.41) is 7.98. The van der Waals surface area contributed by atoms with Gasteiger partial charge < -0.3 is 5.32 Å². The Balaban J connectivity index is 1.65. The second kappa shape index (κ2) is 5.63. The Labute approximate surface area is 116 Å². The molecular weight excluding hydrogens is 236 g/mol. The summed E-state index contributed by atoms with van der Waals surface area (Å²) in [7, 11) is 0. The van der Waals surface area contributed by atoms with Crippen LogP contribution < -0.4 is 5.32 Å². The molecular formula is C15H26N4. The first-order valence-corrected chi connectivity index (χ1v) is 7.75. The van der Waals surface area contributed by atoms with E-state index in [0.29, 0.717) is 5.41 Å². The third-order valence-corrected chi connectivity index (χ3v) is 4.79. The summed E-state index contributed by atoms with van der Waals surface area (Å²) in [4.78, 5) is 2.64. The second-order valence-electron chi connectivity index (χ2n) is 6.23. The highest BCUT2D eigenvalue weighted by Crippen LogP contribution is 2.36. The molecule has 1 N–H and O–H groups in total. The zero-order chi connectivity index (χ0) is 13.1. The molecule has 2 saturated heterocycles. The molecule has 3 rings (SSSR count). The van der Waals surface area contributed by atoms with Crippen molar-refractivity contribution in [3.8, 4) is 0 Å². The Bertz CT molecular complexity index is 401. The van der Waals surface area contributed by atoms with Crippen LogP contribution in [0.4, 0.5) is 0 Å². The van der Waals surface area contributed by atoms with Gasteiger partial charge in [-0.15, -0.1) is 0 Å². The number of hydrogen-bond donors (Lipinski definition) is 1. The monoisotopic (exact) mass is 262 g/mol. The molecule has 1 aromatic rings. The van der Waals surface area contributed by atoms with Gasteiger partial charge in [0, 0.05) is 32.4 Å². The standard InChI is InChI=1S/C15H26N4/c1-2-19-14(5-9-17-19)11-18-10-4-7-15(13-18)6-3-8-16-12-15/h5,9,16H,2-4,6-8,10-13H2,1H3. The molecule has 4 heteroatoms. The van der Waals surface area contributed by atoms with Crippen LogP contribution in [0.25, 0.3) is 0 Å². The Hall–Kier alpha value is -0.870. The van der Waals surface area contributed by atoms with Crippen molar-refractivity contribution in [2.45, 2.75) is 45.7 Å². The zero-order valence-electron chi connectivity index (χ0n) is 12.1. The van der Waals surface area contributed by atoms with Crippen LogP contribution >= 0.6 is 0 Å². The summed E-state index contributed by atoms with van der Waals surface area (Å²) in [6.07, 6.45) is 7.44. The van der Waals surface area contributed by atoms with Crippen molar-refractivity contribution in [2.75, 3.05) is 26.2 Å². The number of aromatic nitrogens is 2. The van der Waals surface area contributed by atoms with Gasteiger partial charge in [-0.05, 0) is 57.2 Å². The van der Waals surface area contributed by atoms with Gasteiger partial charge in [0.15, 0.2) is 0 Å². The van der Waals surface area contributed by atoms with Crippen molar-refractivity contribution in [3.05, 3.63) is 18.0 Å². The van der Waals surface area contributed by atoms with Gasteiger partial charge >= 0.3 is 0 Å². The van der Waals surface area contributed by atoms with E-state index in [2.05, 4.69) is 33.0 Å². The van der Waals surface area contributed by atoms with Crippen LogP contribution in [-0.4, -0.2) is 40.9 Å². The number of piperidine rings is 2. The van der Waals surface area contributed by atoms with Crippen LogP contribution in [0, 0.1) is 5.41 Å². The number of rotatable bonds is 3. The van der Waals surface area contributed by atoms with Crippen LogP contribution in [-0.2, 0) is 13.1 Å². The van der Waals surface area contributed by atoms with E-state index in [4.69, 9.17) is 0 Å². The Morgan fingerprint density at radius 1 is 1.37 bits per heavy atom. The van der Waals surface area contributed by atoms with Crippen molar-refractivity contribution in [3.63, 3.8) is 0 Å². The smallest absolute Gasteiger partial charge is 0.0524 e. The fourth-order valence-corrected chi connectivity index (χ4v) is 3.83. The molecule has 2 aliphatic rings. The predicted molar refractivity (Wildman–Crippen MR) is 76.9 cm³/mol. The van der Waals surface area contributed by atoms with Crippen molar-refractivity contribution in [1.29, 1.82) is 0 Å². The van der Waals surface area contributed by atoms with Crippen molar-refractivity contribution in [2.24, 2.45) is 5.41 Å². The molecule has 0 bridgehead atoms. The minimum absolute atomic E-state index is 0.549. The second-order valence-corrected chi connectivity index (χ2v) is 6.23. The molecule has 4 nitrogen and oxygen atoms in total. The van der Waals surface area contributed by atoms with E-state index in [0.717, 1.165) is 13.1 Å². The highest BCUT2D eigenvalue weighted by Gasteiger charge is 2.36. The van der Waals surface area contributed by atoms with Crippen LogP contribution in [0.15, 0.2) is 12.3 Å². The Kier molecular flexibility index (Phi) is 3.89. The third-order valence-electron chi connectivity index (χ3n) is 4.79. The summed E-state index contributed by atoms with van der Waals surface area (Å²) in [5.41, 5.74) is 1.91. The average molecular weight is 262 g/mol. The average Bonchev–Trinajstić information content (AvgIpc) is 2.87. The van der Waals surface area contributed by atoms with Crippen LogP contribution in [0.2, 0.25) is 0 Å². The lowest BCUT2D eigenvalue weighted by molar-refractivity contribution is 0.0585. The summed E-state index contributed by atoms with van der Waals surface area (Å²) in [5.74, 6) is 0. The number of likely N-dealkylation sites (tertiary alicyclic amines) is 1. The minimum Gasteiger partial charge on any atom is -0.316 e. The number of nitrogens with zero attached hydrogens (tertiary/aromatic N) is 3. The third kappa shape index (κ3) is 2.84. The van der Waals surface area contributed by atoms with E-state index in [1.54, 1.807) is 0 Å². The van der Waals surface area contributed by atoms with E-state index in [1.807, 2.05) is 6.20 Å². The molecule has 1 aromatic heterocycles. The topological polar surface area (TPSA) is 33.1 Å². The lowest BCUT2D eigenvalue weighted by Gasteiger charge is -2.45. The highest BCUT2D eigenvalue weighted by atomic mass is 15.3. The van der Waals surface area contributed by atoms with E-state index in [1.165, 1.54) is 57.6 Å². The molecule has 2 aliphatic heterocycles. The highest BCUT2D eigenvalue weighted by molar-refractivity contribution is 5.02. The van der Waals surface area contributed by atoms with Gasteiger partial charge in [0.25, 0.3) is 0 Å². The quantitative estimate of drug-likeness (QED) is 0.903. The lowest BCUT2D eigenvalue weighted by Crippen LogP contribution is -2.50. The molecule has 106 valence electrons. The zero-order valence-corrected chi connectivity index (χ0v) is 12.1. The molecule has 1 unspecified atom stereocenters. The van der Waals surface area contributed by atoms with Crippen LogP contribution in [0.3, 0.4) is 0 Å². The first kappa shape index (κ1) is 13.1. The molecule has 1 spiro atoms. The molecule has 3 heterocycles. The molecule has 0 aliphatic carbocycles. The lowest BCUT2D eigenvalue weighted by atomic mass is 9.74. The first-order chi connectivity index (χ1) is 9.31. The van der Waals surface area contributed by atoms with Gasteiger partial charge in [-0.2, -0.15) is 5.10 Å². The Morgan fingerprint density at radius 2 is 2.26 bits per heavy atom.